The Bertz CT molecular complexity index is 635. The van der Waals surface area contributed by atoms with Crippen molar-refractivity contribution in [2.75, 3.05) is 39.3 Å². The van der Waals surface area contributed by atoms with E-state index in [0.29, 0.717) is 11.9 Å². The molecule has 6 heteroatoms. The fourth-order valence-electron chi connectivity index (χ4n) is 4.06. The maximum Gasteiger partial charge on any atom is 0.282 e. The zero-order valence-corrected chi connectivity index (χ0v) is 18.9. The Kier molecular flexibility index (Phi) is 7.91. The first-order valence-corrected chi connectivity index (χ1v) is 11.9. The smallest absolute Gasteiger partial charge is 0.282 e. The topological polar surface area (TPSA) is 32.8 Å². The molecule has 1 aromatic carbocycles. The van der Waals surface area contributed by atoms with Gasteiger partial charge in [0.2, 0.25) is 0 Å². The van der Waals surface area contributed by atoms with Gasteiger partial charge in [0, 0.05) is 29.4 Å². The number of ether oxygens (including phenoxy) is 1. The predicted octanol–water partition coefficient (Wildman–Crippen LogP) is 5.05. The number of thioether (sulfide) groups is 1. The van der Waals surface area contributed by atoms with Gasteiger partial charge in [0.05, 0.1) is 6.61 Å². The molecule has 27 heavy (non-hydrogen) atoms. The second-order valence-electron chi connectivity index (χ2n) is 7.59. The lowest BCUT2D eigenvalue weighted by molar-refractivity contribution is 0.179. The van der Waals surface area contributed by atoms with E-state index < -0.39 is 0 Å². The van der Waals surface area contributed by atoms with Gasteiger partial charge in [-0.15, -0.1) is 0 Å². The number of amides is 1. The molecular weight excluding hydrogens is 424 g/mol. The van der Waals surface area contributed by atoms with E-state index in [9.17, 15) is 4.79 Å². The van der Waals surface area contributed by atoms with Gasteiger partial charge in [-0.1, -0.05) is 34.6 Å². The molecule has 2 fully saturated rings. The third kappa shape index (κ3) is 5.88. The van der Waals surface area contributed by atoms with Crippen LogP contribution in [0, 0.1) is 5.92 Å². The Morgan fingerprint density at radius 2 is 2.04 bits per heavy atom. The van der Waals surface area contributed by atoms with E-state index in [4.69, 9.17) is 4.74 Å². The number of benzene rings is 1. The molecule has 1 amide bonds. The van der Waals surface area contributed by atoms with Crippen LogP contribution < -0.4 is 4.74 Å². The van der Waals surface area contributed by atoms with Crippen molar-refractivity contribution in [2.45, 2.75) is 44.8 Å². The maximum atomic E-state index is 12.0. The molecule has 2 aliphatic heterocycles. The highest BCUT2D eigenvalue weighted by Gasteiger charge is 2.32. The van der Waals surface area contributed by atoms with Gasteiger partial charge in [-0.25, -0.2) is 0 Å². The Morgan fingerprint density at radius 1 is 1.26 bits per heavy atom. The minimum atomic E-state index is 0.274. The average molecular weight is 455 g/mol. The quantitative estimate of drug-likeness (QED) is 0.549. The van der Waals surface area contributed by atoms with E-state index >= 15 is 0 Å². The molecule has 1 atom stereocenters. The lowest BCUT2D eigenvalue weighted by Gasteiger charge is -2.33. The van der Waals surface area contributed by atoms with Crippen LogP contribution in [0.25, 0.3) is 0 Å². The fraction of sp³-hybridized carbons (Fsp3) is 0.667. The summed E-state index contributed by atoms with van der Waals surface area (Å²) in [5, 5.41) is 0.716. The number of hydrogen-bond donors (Lipinski definition) is 0. The van der Waals surface area contributed by atoms with Crippen molar-refractivity contribution in [1.82, 2.24) is 9.80 Å². The highest BCUT2D eigenvalue weighted by Crippen LogP contribution is 2.31. The molecule has 2 heterocycles. The van der Waals surface area contributed by atoms with Crippen LogP contribution in [0.5, 0.6) is 5.75 Å². The summed E-state index contributed by atoms with van der Waals surface area (Å²) in [6.45, 7) is 10.0. The van der Waals surface area contributed by atoms with E-state index in [1.165, 1.54) is 22.9 Å². The van der Waals surface area contributed by atoms with Crippen molar-refractivity contribution in [3.05, 3.63) is 28.2 Å². The zero-order valence-electron chi connectivity index (χ0n) is 16.5. The lowest BCUT2D eigenvalue weighted by atomic mass is 9.90. The molecule has 3 rings (SSSR count). The molecule has 2 saturated heterocycles. The number of likely N-dealkylation sites (tertiary alicyclic amines) is 1. The molecule has 2 aliphatic rings. The Hall–Kier alpha value is -0.720. The van der Waals surface area contributed by atoms with Gasteiger partial charge >= 0.3 is 0 Å². The molecule has 150 valence electrons. The van der Waals surface area contributed by atoms with Crippen molar-refractivity contribution in [2.24, 2.45) is 5.92 Å². The molecule has 1 unspecified atom stereocenters. The molecule has 0 radical (unpaired) electrons. The number of rotatable bonds is 8. The monoisotopic (exact) mass is 454 g/mol. The van der Waals surface area contributed by atoms with E-state index in [1.807, 2.05) is 17.9 Å². The highest BCUT2D eigenvalue weighted by atomic mass is 79.9. The molecule has 0 aliphatic carbocycles. The number of hydrogen-bond acceptors (Lipinski definition) is 4. The normalized spacial score (nSPS) is 21.8. The number of carbonyl (C=O) groups excluding carboxylic acids is 1. The van der Waals surface area contributed by atoms with Crippen LogP contribution in [-0.4, -0.2) is 59.6 Å². The van der Waals surface area contributed by atoms with E-state index in [-0.39, 0.29) is 5.24 Å². The largest absolute Gasteiger partial charge is 0.494 e. The van der Waals surface area contributed by atoms with Crippen LogP contribution in [0.4, 0.5) is 4.79 Å². The fourth-order valence-corrected chi connectivity index (χ4v) is 5.61. The van der Waals surface area contributed by atoms with Crippen LogP contribution in [0.2, 0.25) is 0 Å². The van der Waals surface area contributed by atoms with Crippen LogP contribution >= 0.6 is 27.7 Å². The SMILES string of the molecule is CCCN1CC(CN2CCC(Cc3cc(OCC)ccc3Br)CC2)SC1=O. The number of halogens is 1. The zero-order chi connectivity index (χ0) is 19.2. The molecule has 4 nitrogen and oxygen atoms in total. The maximum absolute atomic E-state index is 12.0. The summed E-state index contributed by atoms with van der Waals surface area (Å²) in [6.07, 6.45) is 4.62. The van der Waals surface area contributed by atoms with Crippen molar-refractivity contribution in [1.29, 1.82) is 0 Å². The average Bonchev–Trinajstić information content (AvgIpc) is 2.99. The second-order valence-corrected chi connectivity index (χ2v) is 9.69. The van der Waals surface area contributed by atoms with E-state index in [1.54, 1.807) is 11.8 Å². The number of nitrogens with zero attached hydrogens (tertiary/aromatic N) is 2. The summed E-state index contributed by atoms with van der Waals surface area (Å²) >= 11 is 5.24. The Morgan fingerprint density at radius 3 is 2.74 bits per heavy atom. The van der Waals surface area contributed by atoms with Gasteiger partial charge in [0.25, 0.3) is 5.24 Å². The van der Waals surface area contributed by atoms with Crippen LogP contribution in [0.15, 0.2) is 22.7 Å². The highest BCUT2D eigenvalue weighted by molar-refractivity contribution is 9.10. The summed E-state index contributed by atoms with van der Waals surface area (Å²) in [4.78, 5) is 16.6. The molecule has 0 N–H and O–H groups in total. The molecule has 0 bridgehead atoms. The molecular formula is C21H31BrN2O2S. The molecule has 0 spiro atoms. The first-order chi connectivity index (χ1) is 13.1. The van der Waals surface area contributed by atoms with Gasteiger partial charge in [0.15, 0.2) is 0 Å². The summed E-state index contributed by atoms with van der Waals surface area (Å²) in [5.74, 6) is 1.69. The van der Waals surface area contributed by atoms with Crippen molar-refractivity contribution in [3.8, 4) is 5.75 Å². The molecule has 0 saturated carbocycles. The van der Waals surface area contributed by atoms with Crippen molar-refractivity contribution in [3.63, 3.8) is 0 Å². The van der Waals surface area contributed by atoms with Crippen LogP contribution in [0.1, 0.15) is 38.7 Å². The summed E-state index contributed by atoms with van der Waals surface area (Å²) in [5.41, 5.74) is 1.35. The van der Waals surface area contributed by atoms with Crippen LogP contribution in [0.3, 0.4) is 0 Å². The lowest BCUT2D eigenvalue weighted by Crippen LogP contribution is -2.39. The van der Waals surface area contributed by atoms with Gasteiger partial charge in [-0.2, -0.15) is 0 Å². The third-order valence-electron chi connectivity index (χ3n) is 5.45. The summed E-state index contributed by atoms with van der Waals surface area (Å²) in [6, 6.07) is 6.32. The van der Waals surface area contributed by atoms with E-state index in [0.717, 1.165) is 57.2 Å². The first-order valence-electron chi connectivity index (χ1n) is 10.2. The standard InChI is InChI=1S/C21H31BrN2O2S/c1-3-9-24-15-19(27-21(24)25)14-23-10-7-16(8-11-23)12-17-13-18(26-4-2)5-6-20(17)22/h5-6,13,16,19H,3-4,7-12,14-15H2,1-2H3. The number of carbonyl (C=O) groups is 1. The van der Waals surface area contributed by atoms with Gasteiger partial charge < -0.3 is 14.5 Å². The second kappa shape index (κ2) is 10.2. The molecule has 1 aromatic rings. The third-order valence-corrected chi connectivity index (χ3v) is 7.31. The Balaban J connectivity index is 1.46. The van der Waals surface area contributed by atoms with Gasteiger partial charge in [-0.05, 0) is 75.4 Å². The molecule has 0 aromatic heterocycles. The van der Waals surface area contributed by atoms with Gasteiger partial charge in [0.1, 0.15) is 5.75 Å². The van der Waals surface area contributed by atoms with Gasteiger partial charge in [-0.3, -0.25) is 4.79 Å². The first kappa shape index (κ1) is 21.0. The minimum absolute atomic E-state index is 0.274. The van der Waals surface area contributed by atoms with Crippen molar-refractivity contribution < 1.29 is 9.53 Å². The minimum Gasteiger partial charge on any atom is -0.494 e. The van der Waals surface area contributed by atoms with Crippen molar-refractivity contribution >= 4 is 32.9 Å². The van der Waals surface area contributed by atoms with E-state index in [2.05, 4.69) is 39.9 Å². The van der Waals surface area contributed by atoms with Crippen LogP contribution in [-0.2, 0) is 6.42 Å². The Labute approximate surface area is 176 Å². The predicted molar refractivity (Wildman–Crippen MR) is 117 cm³/mol. The summed E-state index contributed by atoms with van der Waals surface area (Å²) < 4.78 is 6.84. The summed E-state index contributed by atoms with van der Waals surface area (Å²) in [7, 11) is 0. The number of piperidine rings is 1.